The quantitative estimate of drug-likeness (QED) is 0.873. The Hall–Kier alpha value is -1.81. The lowest BCUT2D eigenvalue weighted by molar-refractivity contribution is 0.0939. The summed E-state index contributed by atoms with van der Waals surface area (Å²) in [6.45, 7) is 3.91. The molecule has 2 rings (SSSR count). The number of amides is 1. The summed E-state index contributed by atoms with van der Waals surface area (Å²) in [6.07, 6.45) is 5.50. The van der Waals surface area contributed by atoms with Gasteiger partial charge in [0, 0.05) is 22.9 Å². The van der Waals surface area contributed by atoms with E-state index in [1.807, 2.05) is 50.4 Å². The highest BCUT2D eigenvalue weighted by Crippen LogP contribution is 2.20. The number of nitrogens with zero attached hydrogens (tertiary/aromatic N) is 1. The van der Waals surface area contributed by atoms with Crippen LogP contribution >= 0.6 is 11.8 Å². The number of rotatable bonds is 4. The van der Waals surface area contributed by atoms with Crippen LogP contribution in [0.2, 0.25) is 0 Å². The second-order valence-corrected chi connectivity index (χ2v) is 5.54. The van der Waals surface area contributed by atoms with Crippen LogP contribution in [-0.2, 0) is 0 Å². The van der Waals surface area contributed by atoms with E-state index in [2.05, 4.69) is 10.3 Å². The van der Waals surface area contributed by atoms with Gasteiger partial charge in [0.1, 0.15) is 0 Å². The zero-order valence-corrected chi connectivity index (χ0v) is 12.7. The molecule has 0 bridgehead atoms. The molecule has 2 aromatic rings. The predicted molar refractivity (Wildman–Crippen MR) is 83.1 cm³/mol. The van der Waals surface area contributed by atoms with Gasteiger partial charge in [0.2, 0.25) is 0 Å². The summed E-state index contributed by atoms with van der Waals surface area (Å²) in [7, 11) is 0. The van der Waals surface area contributed by atoms with Crippen molar-refractivity contribution >= 4 is 17.7 Å². The second-order valence-electron chi connectivity index (χ2n) is 4.66. The molecule has 0 aliphatic rings. The summed E-state index contributed by atoms with van der Waals surface area (Å²) in [6, 6.07) is 9.72. The van der Waals surface area contributed by atoms with E-state index in [9.17, 15) is 4.79 Å². The Kier molecular flexibility index (Phi) is 4.79. The normalized spacial score (nSPS) is 11.9. The lowest BCUT2D eigenvalue weighted by atomic mass is 10.1. The third kappa shape index (κ3) is 3.39. The fraction of sp³-hybridized carbons (Fsp3) is 0.250. The van der Waals surface area contributed by atoms with Crippen molar-refractivity contribution in [1.82, 2.24) is 10.3 Å². The van der Waals surface area contributed by atoms with E-state index in [-0.39, 0.29) is 11.9 Å². The molecule has 0 fully saturated rings. The van der Waals surface area contributed by atoms with Crippen molar-refractivity contribution in [1.29, 1.82) is 0 Å². The number of hydrogen-bond acceptors (Lipinski definition) is 3. The number of hydrogen-bond donors (Lipinski definition) is 1. The van der Waals surface area contributed by atoms with E-state index >= 15 is 0 Å². The maximum atomic E-state index is 12.4. The Balaban J connectivity index is 2.16. The summed E-state index contributed by atoms with van der Waals surface area (Å²) in [5.74, 6) is -0.0465. The molecule has 1 N–H and O–H groups in total. The average Bonchev–Trinajstić information content (AvgIpc) is 2.48. The predicted octanol–water partition coefficient (Wildman–Crippen LogP) is 3.60. The Morgan fingerprint density at radius 1 is 1.35 bits per heavy atom. The molecule has 104 valence electrons. The van der Waals surface area contributed by atoms with Gasteiger partial charge in [-0.3, -0.25) is 9.78 Å². The molecule has 0 aliphatic heterocycles. The smallest absolute Gasteiger partial charge is 0.252 e. The Morgan fingerprint density at radius 2 is 2.15 bits per heavy atom. The molecule has 0 saturated carbocycles. The average molecular weight is 286 g/mol. The zero-order valence-electron chi connectivity index (χ0n) is 11.9. The van der Waals surface area contributed by atoms with Crippen molar-refractivity contribution in [3.8, 4) is 0 Å². The SMILES string of the molecule is CSc1ccc(C)c(C(=O)NC(C)c2cccnc2)c1. The molecule has 0 radical (unpaired) electrons. The number of carbonyl (C=O) groups is 1. The molecule has 1 heterocycles. The van der Waals surface area contributed by atoms with Crippen molar-refractivity contribution in [3.05, 3.63) is 59.4 Å². The standard InChI is InChI=1S/C16H18N2OS/c1-11-6-7-14(20-3)9-15(11)16(19)18-12(2)13-5-4-8-17-10-13/h4-10,12H,1-3H3,(H,18,19). The Morgan fingerprint density at radius 3 is 2.80 bits per heavy atom. The number of benzene rings is 1. The molecule has 1 amide bonds. The van der Waals surface area contributed by atoms with E-state index in [1.54, 1.807) is 24.2 Å². The van der Waals surface area contributed by atoms with Gasteiger partial charge in [0.05, 0.1) is 6.04 Å². The maximum absolute atomic E-state index is 12.4. The summed E-state index contributed by atoms with van der Waals surface area (Å²) >= 11 is 1.63. The molecule has 1 atom stereocenters. The van der Waals surface area contributed by atoms with Crippen LogP contribution in [0.1, 0.15) is 34.5 Å². The fourth-order valence-corrected chi connectivity index (χ4v) is 2.40. The largest absolute Gasteiger partial charge is 0.345 e. The molecule has 4 heteroatoms. The molecule has 1 unspecified atom stereocenters. The maximum Gasteiger partial charge on any atom is 0.252 e. The highest BCUT2D eigenvalue weighted by Gasteiger charge is 2.13. The molecular weight excluding hydrogens is 268 g/mol. The molecule has 3 nitrogen and oxygen atoms in total. The lowest BCUT2D eigenvalue weighted by Crippen LogP contribution is -2.27. The zero-order chi connectivity index (χ0) is 14.5. The molecular formula is C16H18N2OS. The monoisotopic (exact) mass is 286 g/mol. The van der Waals surface area contributed by atoms with Crippen molar-refractivity contribution in [2.24, 2.45) is 0 Å². The number of carbonyl (C=O) groups excluding carboxylic acids is 1. The van der Waals surface area contributed by atoms with Gasteiger partial charge in [-0.2, -0.15) is 0 Å². The van der Waals surface area contributed by atoms with Crippen LogP contribution in [0.5, 0.6) is 0 Å². The van der Waals surface area contributed by atoms with Gasteiger partial charge in [0.25, 0.3) is 5.91 Å². The molecule has 0 spiro atoms. The van der Waals surface area contributed by atoms with Gasteiger partial charge < -0.3 is 5.32 Å². The van der Waals surface area contributed by atoms with Crippen LogP contribution in [-0.4, -0.2) is 17.1 Å². The Labute approximate surface area is 123 Å². The number of aryl methyl sites for hydroxylation is 1. The fourth-order valence-electron chi connectivity index (χ4n) is 1.96. The van der Waals surface area contributed by atoms with Gasteiger partial charge in [0.15, 0.2) is 0 Å². The Bertz CT molecular complexity index is 599. The first kappa shape index (κ1) is 14.6. The van der Waals surface area contributed by atoms with Crippen LogP contribution < -0.4 is 5.32 Å². The summed E-state index contributed by atoms with van der Waals surface area (Å²) in [4.78, 5) is 17.5. The highest BCUT2D eigenvalue weighted by atomic mass is 32.2. The first-order chi connectivity index (χ1) is 9.61. The third-order valence-corrected chi connectivity index (χ3v) is 3.95. The minimum Gasteiger partial charge on any atom is -0.345 e. The van der Waals surface area contributed by atoms with Gasteiger partial charge in [-0.1, -0.05) is 12.1 Å². The van der Waals surface area contributed by atoms with E-state index in [0.717, 1.165) is 21.6 Å². The second kappa shape index (κ2) is 6.57. The van der Waals surface area contributed by atoms with Crippen LogP contribution in [0.15, 0.2) is 47.6 Å². The highest BCUT2D eigenvalue weighted by molar-refractivity contribution is 7.98. The molecule has 0 aliphatic carbocycles. The number of aromatic nitrogens is 1. The van der Waals surface area contributed by atoms with Crippen LogP contribution in [0.25, 0.3) is 0 Å². The van der Waals surface area contributed by atoms with Gasteiger partial charge in [-0.05, 0) is 49.4 Å². The topological polar surface area (TPSA) is 42.0 Å². The number of thioether (sulfide) groups is 1. The van der Waals surface area contributed by atoms with E-state index in [1.165, 1.54) is 0 Å². The third-order valence-electron chi connectivity index (χ3n) is 3.22. The summed E-state index contributed by atoms with van der Waals surface area (Å²) < 4.78 is 0. The molecule has 1 aromatic carbocycles. The van der Waals surface area contributed by atoms with E-state index in [0.29, 0.717) is 0 Å². The first-order valence-electron chi connectivity index (χ1n) is 6.47. The number of nitrogens with one attached hydrogen (secondary N) is 1. The lowest BCUT2D eigenvalue weighted by Gasteiger charge is -2.15. The molecule has 20 heavy (non-hydrogen) atoms. The van der Waals surface area contributed by atoms with E-state index < -0.39 is 0 Å². The van der Waals surface area contributed by atoms with E-state index in [4.69, 9.17) is 0 Å². The van der Waals surface area contributed by atoms with Crippen molar-refractivity contribution in [2.45, 2.75) is 24.8 Å². The summed E-state index contributed by atoms with van der Waals surface area (Å²) in [5.41, 5.74) is 2.71. The minimum atomic E-state index is -0.0615. The molecule has 1 aromatic heterocycles. The van der Waals surface area contributed by atoms with Crippen molar-refractivity contribution in [3.63, 3.8) is 0 Å². The van der Waals surface area contributed by atoms with Crippen molar-refractivity contribution < 1.29 is 4.79 Å². The van der Waals surface area contributed by atoms with Gasteiger partial charge in [-0.25, -0.2) is 0 Å². The molecule has 0 saturated heterocycles. The summed E-state index contributed by atoms with van der Waals surface area (Å²) in [5, 5.41) is 3.02. The number of pyridine rings is 1. The van der Waals surface area contributed by atoms with Gasteiger partial charge in [-0.15, -0.1) is 11.8 Å². The van der Waals surface area contributed by atoms with Crippen molar-refractivity contribution in [2.75, 3.05) is 6.26 Å². The van der Waals surface area contributed by atoms with Gasteiger partial charge >= 0.3 is 0 Å². The minimum absolute atomic E-state index is 0.0465. The van der Waals surface area contributed by atoms with Crippen LogP contribution in [0, 0.1) is 6.92 Å². The first-order valence-corrected chi connectivity index (χ1v) is 7.69. The van der Waals surface area contributed by atoms with Crippen LogP contribution in [0.4, 0.5) is 0 Å². The van der Waals surface area contributed by atoms with Crippen LogP contribution in [0.3, 0.4) is 0 Å².